The normalized spacial score (nSPS) is 18.5. The van der Waals surface area contributed by atoms with Crippen molar-refractivity contribution < 1.29 is 0 Å². The van der Waals surface area contributed by atoms with Crippen LogP contribution >= 0.6 is 0 Å². The Bertz CT molecular complexity index is 2020. The number of aryl methyl sites for hydroxylation is 1. The molecule has 1 heteroatoms. The zero-order valence-corrected chi connectivity index (χ0v) is 28.7. The average Bonchev–Trinajstić information content (AvgIpc) is 3.30. The molecular weight excluding hydrogens is 555 g/mol. The van der Waals surface area contributed by atoms with Crippen LogP contribution < -0.4 is 4.90 Å². The van der Waals surface area contributed by atoms with E-state index in [2.05, 4.69) is 156 Å². The Morgan fingerprint density at radius 3 is 2.24 bits per heavy atom. The molecule has 0 amide bonds. The highest BCUT2D eigenvalue weighted by molar-refractivity contribution is 6.06. The molecule has 1 nitrogen and oxygen atoms in total. The predicted molar refractivity (Wildman–Crippen MR) is 198 cm³/mol. The van der Waals surface area contributed by atoms with Crippen LogP contribution in [0.25, 0.3) is 33.0 Å². The molecule has 2 aliphatic carbocycles. The summed E-state index contributed by atoms with van der Waals surface area (Å²) in [6, 6.07) is 36.8. The Balaban J connectivity index is 1.41. The fraction of sp³-hybridized carbons (Fsp3) is 0.333. The molecule has 232 valence electrons. The Morgan fingerprint density at radius 2 is 1.48 bits per heavy atom. The maximum Gasteiger partial charge on any atom is 0.0840 e. The van der Waals surface area contributed by atoms with E-state index >= 15 is 0 Å². The molecular formula is C45H47N. The van der Waals surface area contributed by atoms with Gasteiger partial charge in [-0.25, -0.2) is 0 Å². The first-order chi connectivity index (χ1) is 22.0. The van der Waals surface area contributed by atoms with Crippen LogP contribution in [0.4, 0.5) is 11.4 Å². The molecule has 0 heterocycles. The van der Waals surface area contributed by atoms with Crippen LogP contribution in [-0.4, -0.2) is 6.54 Å². The van der Waals surface area contributed by atoms with Crippen molar-refractivity contribution >= 4 is 22.1 Å². The van der Waals surface area contributed by atoms with Gasteiger partial charge < -0.3 is 4.90 Å². The third-order valence-electron chi connectivity index (χ3n) is 12.4. The van der Waals surface area contributed by atoms with Crippen LogP contribution in [0.5, 0.6) is 0 Å². The highest BCUT2D eigenvalue weighted by Crippen LogP contribution is 2.62. The fourth-order valence-corrected chi connectivity index (χ4v) is 8.37. The van der Waals surface area contributed by atoms with E-state index in [1.807, 2.05) is 0 Å². The molecule has 0 spiro atoms. The molecule has 5 aromatic rings. The van der Waals surface area contributed by atoms with Crippen molar-refractivity contribution in [3.05, 3.63) is 119 Å². The van der Waals surface area contributed by atoms with Crippen molar-refractivity contribution in [2.45, 2.75) is 79.1 Å². The molecule has 0 radical (unpaired) electrons. The van der Waals surface area contributed by atoms with Gasteiger partial charge in [0.2, 0.25) is 0 Å². The smallest absolute Gasteiger partial charge is 0.0840 e. The van der Waals surface area contributed by atoms with E-state index in [0.717, 1.165) is 30.6 Å². The van der Waals surface area contributed by atoms with E-state index in [1.165, 1.54) is 55.3 Å². The summed E-state index contributed by atoms with van der Waals surface area (Å²) in [7, 11) is 0. The van der Waals surface area contributed by atoms with Gasteiger partial charge in [0.25, 0.3) is 0 Å². The van der Waals surface area contributed by atoms with Crippen LogP contribution in [0.2, 0.25) is 0 Å². The number of hydrogen-bond acceptors (Lipinski definition) is 1. The first-order valence-corrected chi connectivity index (χ1v) is 17.1. The summed E-state index contributed by atoms with van der Waals surface area (Å²) in [6.07, 6.45) is 9.48. The molecule has 0 saturated heterocycles. The summed E-state index contributed by atoms with van der Waals surface area (Å²) in [5, 5.41) is 2.49. The number of anilines is 2. The van der Waals surface area contributed by atoms with Crippen molar-refractivity contribution in [1.82, 2.24) is 0 Å². The molecule has 2 aliphatic rings. The number of rotatable bonds is 7. The molecule has 2 bridgehead atoms. The summed E-state index contributed by atoms with van der Waals surface area (Å²) in [6.45, 7) is 17.3. The van der Waals surface area contributed by atoms with Gasteiger partial charge >= 0.3 is 0 Å². The van der Waals surface area contributed by atoms with Gasteiger partial charge in [-0.15, -0.1) is 6.42 Å². The van der Waals surface area contributed by atoms with Crippen LogP contribution in [-0.2, 0) is 11.8 Å². The lowest BCUT2D eigenvalue weighted by molar-refractivity contribution is 0.210. The topological polar surface area (TPSA) is 3.24 Å². The van der Waals surface area contributed by atoms with E-state index in [-0.39, 0.29) is 16.2 Å². The minimum absolute atomic E-state index is 0.0839. The summed E-state index contributed by atoms with van der Waals surface area (Å²) in [5.41, 5.74) is 13.7. The first-order valence-electron chi connectivity index (χ1n) is 17.1. The minimum atomic E-state index is -0.0839. The maximum atomic E-state index is 6.06. The number of hydrogen-bond donors (Lipinski definition) is 0. The lowest BCUT2D eigenvalue weighted by atomic mass is 9.59. The molecule has 0 fully saturated rings. The van der Waals surface area contributed by atoms with Gasteiger partial charge in [0.15, 0.2) is 0 Å². The van der Waals surface area contributed by atoms with Gasteiger partial charge in [-0.3, -0.25) is 0 Å². The Morgan fingerprint density at radius 1 is 0.804 bits per heavy atom. The Kier molecular flexibility index (Phi) is 7.21. The zero-order chi connectivity index (χ0) is 32.4. The SMILES string of the molecule is C#CCN(c1cccc(C(C)C(C)(C)CC)c1)c1cccc2c(-c3cccc4c3C3(C)c5cc(ccc5-4)CCC3(C)C)cccc12. The van der Waals surface area contributed by atoms with Gasteiger partial charge in [-0.2, -0.15) is 0 Å². The summed E-state index contributed by atoms with van der Waals surface area (Å²) < 4.78 is 0. The second-order valence-electron chi connectivity index (χ2n) is 15.2. The third kappa shape index (κ3) is 4.45. The number of benzene rings is 5. The number of nitrogens with zero attached hydrogens (tertiary/aromatic N) is 1. The van der Waals surface area contributed by atoms with Crippen molar-refractivity contribution in [2.75, 3.05) is 11.4 Å². The van der Waals surface area contributed by atoms with E-state index in [9.17, 15) is 0 Å². The van der Waals surface area contributed by atoms with Gasteiger partial charge in [-0.05, 0) is 97.7 Å². The average molecular weight is 602 g/mol. The standard InChI is InChI=1S/C45H47N/c1-9-27-46(33-16-11-15-32(29-33)30(3)43(4,5)10-2)41-22-14-18-34-35(17-12-19-37(34)41)38-20-13-21-39-36-24-23-31-25-26-44(6,7)45(8,42(38)39)40(36)28-31/h1,11-24,28-30H,10,25-27H2,2-8H3. The van der Waals surface area contributed by atoms with Gasteiger partial charge in [0.1, 0.15) is 0 Å². The lowest BCUT2D eigenvalue weighted by Gasteiger charge is -2.43. The van der Waals surface area contributed by atoms with E-state index < -0.39 is 0 Å². The second-order valence-corrected chi connectivity index (χ2v) is 15.2. The highest BCUT2D eigenvalue weighted by Gasteiger charge is 2.51. The quantitative estimate of drug-likeness (QED) is 0.168. The monoisotopic (exact) mass is 601 g/mol. The summed E-state index contributed by atoms with van der Waals surface area (Å²) in [4.78, 5) is 2.32. The van der Waals surface area contributed by atoms with Crippen molar-refractivity contribution in [3.63, 3.8) is 0 Å². The molecule has 5 aromatic carbocycles. The number of terminal acetylenes is 1. The molecule has 7 rings (SSSR count). The molecule has 0 N–H and O–H groups in total. The highest BCUT2D eigenvalue weighted by atomic mass is 15.1. The largest absolute Gasteiger partial charge is 0.329 e. The molecule has 46 heavy (non-hydrogen) atoms. The third-order valence-corrected chi connectivity index (χ3v) is 12.4. The van der Waals surface area contributed by atoms with Gasteiger partial charge in [0.05, 0.1) is 6.54 Å². The molecule has 2 unspecified atom stereocenters. The van der Waals surface area contributed by atoms with Crippen LogP contribution in [0.1, 0.15) is 89.5 Å². The zero-order valence-electron chi connectivity index (χ0n) is 28.7. The van der Waals surface area contributed by atoms with E-state index in [0.29, 0.717) is 12.5 Å². The fourth-order valence-electron chi connectivity index (χ4n) is 8.37. The van der Waals surface area contributed by atoms with Crippen LogP contribution in [0, 0.1) is 23.2 Å². The van der Waals surface area contributed by atoms with Crippen molar-refractivity contribution in [3.8, 4) is 34.6 Å². The first kappa shape index (κ1) is 30.4. The van der Waals surface area contributed by atoms with Crippen LogP contribution in [0.3, 0.4) is 0 Å². The van der Waals surface area contributed by atoms with Crippen molar-refractivity contribution in [1.29, 1.82) is 0 Å². The predicted octanol–water partition coefficient (Wildman–Crippen LogP) is 12.1. The number of fused-ring (bicyclic) bond motifs is 5. The summed E-state index contributed by atoms with van der Waals surface area (Å²) in [5.74, 6) is 3.40. The van der Waals surface area contributed by atoms with Crippen LogP contribution in [0.15, 0.2) is 97.1 Å². The van der Waals surface area contributed by atoms with Gasteiger partial charge in [-0.1, -0.05) is 140 Å². The molecule has 2 atom stereocenters. The summed E-state index contributed by atoms with van der Waals surface area (Å²) >= 11 is 0. The Labute approximate surface area is 276 Å². The minimum Gasteiger partial charge on any atom is -0.329 e. The van der Waals surface area contributed by atoms with E-state index in [1.54, 1.807) is 0 Å². The van der Waals surface area contributed by atoms with Crippen molar-refractivity contribution in [2.24, 2.45) is 10.8 Å². The Hall–Kier alpha value is -4.28. The lowest BCUT2D eigenvalue weighted by Crippen LogP contribution is -2.38. The second kappa shape index (κ2) is 10.9. The molecule has 0 aliphatic heterocycles. The molecule has 0 aromatic heterocycles. The van der Waals surface area contributed by atoms with Gasteiger partial charge in [0, 0.05) is 22.2 Å². The van der Waals surface area contributed by atoms with E-state index in [4.69, 9.17) is 6.42 Å². The maximum absolute atomic E-state index is 6.06. The molecule has 0 saturated carbocycles.